The number of anilines is 1. The molecular formula is C21H17NO. The van der Waals surface area contributed by atoms with E-state index in [1.165, 1.54) is 16.2 Å². The second-order valence-electron chi connectivity index (χ2n) is 5.61. The van der Waals surface area contributed by atoms with Crippen molar-refractivity contribution in [2.45, 2.75) is 0 Å². The Bertz CT molecular complexity index is 1000. The number of nitrogens with two attached hydrogens (primary N) is 1. The maximum absolute atomic E-state index is 6.56. The van der Waals surface area contributed by atoms with E-state index in [4.69, 9.17) is 10.5 Å². The SMILES string of the molecule is COc1ccc(-c2c(N)c3ccccc3c3ccccc23)cc1. The minimum Gasteiger partial charge on any atom is -0.497 e. The molecule has 0 aliphatic rings. The van der Waals surface area contributed by atoms with E-state index >= 15 is 0 Å². The summed E-state index contributed by atoms with van der Waals surface area (Å²) in [7, 11) is 1.68. The largest absolute Gasteiger partial charge is 0.497 e. The molecule has 0 bridgehead atoms. The molecule has 0 saturated carbocycles. The normalized spacial score (nSPS) is 11.0. The fourth-order valence-corrected chi connectivity index (χ4v) is 3.24. The third kappa shape index (κ3) is 2.11. The highest BCUT2D eigenvalue weighted by Gasteiger charge is 2.13. The van der Waals surface area contributed by atoms with Crippen LogP contribution >= 0.6 is 0 Å². The molecule has 0 aromatic heterocycles. The lowest BCUT2D eigenvalue weighted by molar-refractivity contribution is 0.415. The number of hydrogen-bond donors (Lipinski definition) is 1. The van der Waals surface area contributed by atoms with Crippen LogP contribution in [0.4, 0.5) is 5.69 Å². The second-order valence-corrected chi connectivity index (χ2v) is 5.61. The zero-order chi connectivity index (χ0) is 15.8. The van der Waals surface area contributed by atoms with Crippen LogP contribution in [-0.4, -0.2) is 7.11 Å². The van der Waals surface area contributed by atoms with Gasteiger partial charge in [0.1, 0.15) is 5.75 Å². The van der Waals surface area contributed by atoms with Crippen LogP contribution in [0.3, 0.4) is 0 Å². The van der Waals surface area contributed by atoms with E-state index in [9.17, 15) is 0 Å². The maximum atomic E-state index is 6.56. The van der Waals surface area contributed by atoms with E-state index < -0.39 is 0 Å². The van der Waals surface area contributed by atoms with Gasteiger partial charge in [0.05, 0.1) is 7.11 Å². The van der Waals surface area contributed by atoms with Crippen LogP contribution < -0.4 is 10.5 Å². The van der Waals surface area contributed by atoms with Gasteiger partial charge in [0.2, 0.25) is 0 Å². The summed E-state index contributed by atoms with van der Waals surface area (Å²) in [5.74, 6) is 0.845. The zero-order valence-corrected chi connectivity index (χ0v) is 12.9. The number of ether oxygens (including phenoxy) is 1. The molecule has 112 valence electrons. The molecule has 0 fully saturated rings. The van der Waals surface area contributed by atoms with Gasteiger partial charge in [-0.25, -0.2) is 0 Å². The molecular weight excluding hydrogens is 282 g/mol. The monoisotopic (exact) mass is 299 g/mol. The van der Waals surface area contributed by atoms with Gasteiger partial charge in [-0.2, -0.15) is 0 Å². The van der Waals surface area contributed by atoms with Gasteiger partial charge in [-0.05, 0) is 33.9 Å². The van der Waals surface area contributed by atoms with Crippen molar-refractivity contribution in [3.8, 4) is 16.9 Å². The van der Waals surface area contributed by atoms with Crippen LogP contribution in [0.15, 0.2) is 72.8 Å². The molecule has 4 aromatic rings. The molecule has 0 saturated heterocycles. The van der Waals surface area contributed by atoms with E-state index in [1.807, 2.05) is 18.2 Å². The number of fused-ring (bicyclic) bond motifs is 3. The molecule has 4 rings (SSSR count). The summed E-state index contributed by atoms with van der Waals surface area (Å²) in [6.07, 6.45) is 0. The van der Waals surface area contributed by atoms with Crippen LogP contribution in [0.2, 0.25) is 0 Å². The Kier molecular flexibility index (Phi) is 3.16. The number of rotatable bonds is 2. The highest BCUT2D eigenvalue weighted by Crippen LogP contribution is 2.40. The van der Waals surface area contributed by atoms with Crippen molar-refractivity contribution in [2.24, 2.45) is 0 Å². The Balaban J connectivity index is 2.13. The summed E-state index contributed by atoms with van der Waals surface area (Å²) in [4.78, 5) is 0. The topological polar surface area (TPSA) is 35.2 Å². The van der Waals surface area contributed by atoms with Gasteiger partial charge in [-0.1, -0.05) is 60.7 Å². The molecule has 0 aliphatic heterocycles. The molecule has 2 nitrogen and oxygen atoms in total. The summed E-state index contributed by atoms with van der Waals surface area (Å²) < 4.78 is 5.26. The molecule has 4 aromatic carbocycles. The van der Waals surface area contributed by atoms with Crippen molar-refractivity contribution in [2.75, 3.05) is 12.8 Å². The molecule has 23 heavy (non-hydrogen) atoms. The third-order valence-corrected chi connectivity index (χ3v) is 4.35. The lowest BCUT2D eigenvalue weighted by Crippen LogP contribution is -1.94. The average molecular weight is 299 g/mol. The Morgan fingerprint density at radius 2 is 1.17 bits per heavy atom. The first-order valence-electron chi connectivity index (χ1n) is 7.63. The quantitative estimate of drug-likeness (QED) is 0.405. The van der Waals surface area contributed by atoms with Crippen LogP contribution in [0.5, 0.6) is 5.75 Å². The van der Waals surface area contributed by atoms with Crippen molar-refractivity contribution < 1.29 is 4.74 Å². The van der Waals surface area contributed by atoms with Gasteiger partial charge in [-0.3, -0.25) is 0 Å². The second kappa shape index (κ2) is 5.33. The van der Waals surface area contributed by atoms with Gasteiger partial charge >= 0.3 is 0 Å². The van der Waals surface area contributed by atoms with E-state index in [1.54, 1.807) is 7.11 Å². The number of methoxy groups -OCH3 is 1. The third-order valence-electron chi connectivity index (χ3n) is 4.35. The lowest BCUT2D eigenvalue weighted by atomic mass is 9.91. The predicted octanol–water partition coefficient (Wildman–Crippen LogP) is 5.25. The minimum absolute atomic E-state index is 0.824. The van der Waals surface area contributed by atoms with E-state index in [2.05, 4.69) is 54.6 Å². The first kappa shape index (κ1) is 13.6. The van der Waals surface area contributed by atoms with Crippen molar-refractivity contribution >= 4 is 27.2 Å². The fraction of sp³-hybridized carbons (Fsp3) is 0.0476. The number of nitrogen functional groups attached to an aromatic ring is 1. The van der Waals surface area contributed by atoms with Crippen molar-refractivity contribution in [3.05, 3.63) is 72.8 Å². The molecule has 2 heteroatoms. The fourth-order valence-electron chi connectivity index (χ4n) is 3.24. The Morgan fingerprint density at radius 1 is 0.652 bits per heavy atom. The van der Waals surface area contributed by atoms with Gasteiger partial charge in [0.25, 0.3) is 0 Å². The van der Waals surface area contributed by atoms with Gasteiger partial charge in [0, 0.05) is 16.6 Å². The average Bonchev–Trinajstić information content (AvgIpc) is 2.63. The van der Waals surface area contributed by atoms with E-state index in [0.29, 0.717) is 0 Å². The first-order chi connectivity index (χ1) is 11.3. The Hall–Kier alpha value is -3.00. The van der Waals surface area contributed by atoms with Crippen molar-refractivity contribution in [1.29, 1.82) is 0 Å². The maximum Gasteiger partial charge on any atom is 0.118 e. The molecule has 0 aliphatic carbocycles. The van der Waals surface area contributed by atoms with Crippen LogP contribution in [0.1, 0.15) is 0 Å². The molecule has 0 heterocycles. The van der Waals surface area contributed by atoms with E-state index in [-0.39, 0.29) is 0 Å². The van der Waals surface area contributed by atoms with Crippen LogP contribution in [0, 0.1) is 0 Å². The van der Waals surface area contributed by atoms with Crippen molar-refractivity contribution in [3.63, 3.8) is 0 Å². The predicted molar refractivity (Wildman–Crippen MR) is 97.9 cm³/mol. The van der Waals surface area contributed by atoms with Gasteiger partial charge in [0.15, 0.2) is 0 Å². The molecule has 0 amide bonds. The molecule has 2 N–H and O–H groups in total. The highest BCUT2D eigenvalue weighted by atomic mass is 16.5. The number of hydrogen-bond acceptors (Lipinski definition) is 2. The van der Waals surface area contributed by atoms with E-state index in [0.717, 1.165) is 28.0 Å². The standard InChI is InChI=1S/C21H17NO/c1-23-15-12-10-14(11-13-15)20-18-8-4-2-6-16(18)17-7-3-5-9-19(17)21(20)22/h2-13H,22H2,1H3. The lowest BCUT2D eigenvalue weighted by Gasteiger charge is -2.15. The summed E-state index contributed by atoms with van der Waals surface area (Å²) in [6, 6.07) is 24.8. The molecule has 0 radical (unpaired) electrons. The minimum atomic E-state index is 0.824. The number of benzene rings is 4. The molecule has 0 unspecified atom stereocenters. The molecule has 0 spiro atoms. The zero-order valence-electron chi connectivity index (χ0n) is 12.9. The van der Waals surface area contributed by atoms with Crippen molar-refractivity contribution in [1.82, 2.24) is 0 Å². The summed E-state index contributed by atoms with van der Waals surface area (Å²) >= 11 is 0. The van der Waals surface area contributed by atoms with Crippen LogP contribution in [-0.2, 0) is 0 Å². The summed E-state index contributed by atoms with van der Waals surface area (Å²) in [6.45, 7) is 0. The summed E-state index contributed by atoms with van der Waals surface area (Å²) in [5, 5.41) is 4.69. The van der Waals surface area contributed by atoms with Gasteiger partial charge < -0.3 is 10.5 Å². The summed E-state index contributed by atoms with van der Waals surface area (Å²) in [5.41, 5.74) is 9.57. The Morgan fingerprint density at radius 3 is 1.78 bits per heavy atom. The van der Waals surface area contributed by atoms with Crippen LogP contribution in [0.25, 0.3) is 32.7 Å². The van der Waals surface area contributed by atoms with Gasteiger partial charge in [-0.15, -0.1) is 0 Å². The smallest absolute Gasteiger partial charge is 0.118 e. The highest BCUT2D eigenvalue weighted by molar-refractivity contribution is 6.20. The first-order valence-corrected chi connectivity index (χ1v) is 7.63. The Labute approximate surface area is 135 Å². The molecule has 0 atom stereocenters.